The molecule has 0 bridgehead atoms. The fourth-order valence-corrected chi connectivity index (χ4v) is 6.77. The van der Waals surface area contributed by atoms with Gasteiger partial charge in [0.15, 0.2) is 5.13 Å². The van der Waals surface area contributed by atoms with E-state index in [1.807, 2.05) is 13.0 Å². The minimum Gasteiger partial charge on any atom is -0.480 e. The van der Waals surface area contributed by atoms with Gasteiger partial charge < -0.3 is 14.8 Å². The third-order valence-electron chi connectivity index (χ3n) is 6.47. The van der Waals surface area contributed by atoms with Gasteiger partial charge in [-0.3, -0.25) is 0 Å². The molecule has 0 amide bonds. The van der Waals surface area contributed by atoms with E-state index in [9.17, 15) is 4.21 Å². The van der Waals surface area contributed by atoms with Crippen LogP contribution in [0.4, 0.5) is 5.13 Å². The molecule has 0 radical (unpaired) electrons. The van der Waals surface area contributed by atoms with Gasteiger partial charge in [-0.05, 0) is 51.5 Å². The molecular formula is C23H34N4O3S2. The highest BCUT2D eigenvalue weighted by atomic mass is 32.2. The number of pyridine rings is 1. The zero-order chi connectivity index (χ0) is 22.5. The third kappa shape index (κ3) is 5.68. The number of aryl methyl sites for hydroxylation is 1. The van der Waals surface area contributed by atoms with Gasteiger partial charge in [0.05, 0.1) is 17.7 Å². The van der Waals surface area contributed by atoms with Crippen molar-refractivity contribution >= 4 is 27.5 Å². The lowest BCUT2D eigenvalue weighted by Crippen LogP contribution is -2.32. The van der Waals surface area contributed by atoms with E-state index in [4.69, 9.17) is 14.5 Å². The van der Waals surface area contributed by atoms with Crippen LogP contribution in [0.2, 0.25) is 0 Å². The number of nitrogens with zero attached hydrogens (tertiary/aromatic N) is 2. The summed E-state index contributed by atoms with van der Waals surface area (Å²) in [6.07, 6.45) is 9.71. The number of thiazole rings is 1. The highest BCUT2D eigenvalue weighted by molar-refractivity contribution is 7.83. The SMILES string of the molecule is COc1ncc(-c2sc(NC(C)C3CCOCC3)nc2C)cc1S(=O)NC1CCCCC1. The molecule has 1 saturated heterocycles. The van der Waals surface area contributed by atoms with Crippen molar-refractivity contribution in [2.75, 3.05) is 25.6 Å². The molecule has 0 spiro atoms. The van der Waals surface area contributed by atoms with Gasteiger partial charge in [0, 0.05) is 37.1 Å². The first-order valence-electron chi connectivity index (χ1n) is 11.6. The van der Waals surface area contributed by atoms with E-state index in [1.54, 1.807) is 24.6 Å². The van der Waals surface area contributed by atoms with Crippen molar-refractivity contribution in [3.63, 3.8) is 0 Å². The minimum absolute atomic E-state index is 0.283. The Labute approximate surface area is 197 Å². The van der Waals surface area contributed by atoms with Crippen molar-refractivity contribution in [3.05, 3.63) is 18.0 Å². The molecular weight excluding hydrogens is 444 g/mol. The number of ether oxygens (including phenoxy) is 2. The zero-order valence-electron chi connectivity index (χ0n) is 19.2. The summed E-state index contributed by atoms with van der Waals surface area (Å²) < 4.78 is 27.3. The van der Waals surface area contributed by atoms with Gasteiger partial charge >= 0.3 is 0 Å². The average molecular weight is 479 g/mol. The summed E-state index contributed by atoms with van der Waals surface area (Å²) >= 11 is 1.62. The minimum atomic E-state index is -1.37. The van der Waals surface area contributed by atoms with Gasteiger partial charge in [0.2, 0.25) is 5.88 Å². The second-order valence-electron chi connectivity index (χ2n) is 8.77. The topological polar surface area (TPSA) is 85.4 Å². The zero-order valence-corrected chi connectivity index (χ0v) is 20.8. The van der Waals surface area contributed by atoms with Gasteiger partial charge in [0.25, 0.3) is 0 Å². The number of methoxy groups -OCH3 is 1. The molecule has 32 heavy (non-hydrogen) atoms. The van der Waals surface area contributed by atoms with Crippen LogP contribution in [0.5, 0.6) is 5.88 Å². The van der Waals surface area contributed by atoms with Crippen molar-refractivity contribution in [2.24, 2.45) is 5.92 Å². The Morgan fingerprint density at radius 2 is 1.97 bits per heavy atom. The van der Waals surface area contributed by atoms with Gasteiger partial charge in [-0.1, -0.05) is 30.6 Å². The van der Waals surface area contributed by atoms with E-state index in [0.29, 0.717) is 22.7 Å². The predicted molar refractivity (Wildman–Crippen MR) is 130 cm³/mol. The quantitative estimate of drug-likeness (QED) is 0.572. The Morgan fingerprint density at radius 3 is 2.69 bits per heavy atom. The Balaban J connectivity index is 1.51. The lowest BCUT2D eigenvalue weighted by Gasteiger charge is -2.28. The molecule has 2 N–H and O–H groups in total. The summed E-state index contributed by atoms with van der Waals surface area (Å²) in [6, 6.07) is 2.56. The van der Waals surface area contributed by atoms with Crippen LogP contribution in [-0.4, -0.2) is 46.6 Å². The molecule has 4 rings (SSSR count). The molecule has 2 aromatic heterocycles. The Morgan fingerprint density at radius 1 is 1.22 bits per heavy atom. The van der Waals surface area contributed by atoms with E-state index in [-0.39, 0.29) is 6.04 Å². The second-order valence-corrected chi connectivity index (χ2v) is 11.0. The van der Waals surface area contributed by atoms with Crippen molar-refractivity contribution in [1.82, 2.24) is 14.7 Å². The number of hydrogen-bond acceptors (Lipinski definition) is 7. The molecule has 2 unspecified atom stereocenters. The molecule has 2 fully saturated rings. The van der Waals surface area contributed by atoms with Crippen LogP contribution in [-0.2, 0) is 15.7 Å². The van der Waals surface area contributed by atoms with Crippen molar-refractivity contribution in [3.8, 4) is 16.3 Å². The number of aromatic nitrogens is 2. The lowest BCUT2D eigenvalue weighted by molar-refractivity contribution is 0.0622. The van der Waals surface area contributed by atoms with Crippen LogP contribution in [0.25, 0.3) is 10.4 Å². The van der Waals surface area contributed by atoms with E-state index >= 15 is 0 Å². The van der Waals surface area contributed by atoms with E-state index in [2.05, 4.69) is 21.9 Å². The maximum absolute atomic E-state index is 13.1. The molecule has 2 atom stereocenters. The maximum Gasteiger partial charge on any atom is 0.231 e. The standard InChI is InChI=1S/C23H34N4O3S2/c1-15(17-9-11-30-12-10-17)25-23-26-16(2)21(31-23)18-13-20(22(29-3)24-14-18)32(28)27-19-7-5-4-6-8-19/h13-15,17,19,27H,4-12H2,1-3H3,(H,25,26). The second kappa shape index (κ2) is 11.0. The summed E-state index contributed by atoms with van der Waals surface area (Å²) in [5.74, 6) is 1.00. The van der Waals surface area contributed by atoms with Crippen LogP contribution in [0.3, 0.4) is 0 Å². The first-order chi connectivity index (χ1) is 15.5. The third-order valence-corrected chi connectivity index (χ3v) is 8.85. The first kappa shape index (κ1) is 23.6. The van der Waals surface area contributed by atoms with Gasteiger partial charge in [-0.15, -0.1) is 0 Å². The van der Waals surface area contributed by atoms with Gasteiger partial charge in [0.1, 0.15) is 15.9 Å². The molecule has 1 aliphatic carbocycles. The van der Waals surface area contributed by atoms with Crippen molar-refractivity contribution in [1.29, 1.82) is 0 Å². The lowest BCUT2D eigenvalue weighted by atomic mass is 9.93. The van der Waals surface area contributed by atoms with Crippen LogP contribution < -0.4 is 14.8 Å². The largest absolute Gasteiger partial charge is 0.480 e. The molecule has 3 heterocycles. The number of nitrogens with one attached hydrogen (secondary N) is 2. The normalized spacial score (nSPS) is 20.1. The molecule has 176 valence electrons. The smallest absolute Gasteiger partial charge is 0.231 e. The van der Waals surface area contributed by atoms with Gasteiger partial charge in [-0.25, -0.2) is 18.9 Å². The summed E-state index contributed by atoms with van der Waals surface area (Å²) in [6.45, 7) is 5.91. The van der Waals surface area contributed by atoms with Crippen LogP contribution >= 0.6 is 11.3 Å². The van der Waals surface area contributed by atoms with Crippen molar-refractivity contribution in [2.45, 2.75) is 75.8 Å². The summed E-state index contributed by atoms with van der Waals surface area (Å²) in [7, 11) is 0.201. The molecule has 9 heteroatoms. The Kier molecular flexibility index (Phi) is 8.15. The fourth-order valence-electron chi connectivity index (χ4n) is 4.53. The Hall–Kier alpha value is -1.55. The average Bonchev–Trinajstić information content (AvgIpc) is 3.19. The molecule has 7 nitrogen and oxygen atoms in total. The molecule has 1 saturated carbocycles. The van der Waals surface area contributed by atoms with Crippen LogP contribution in [0.15, 0.2) is 17.2 Å². The molecule has 1 aliphatic heterocycles. The first-order valence-corrected chi connectivity index (χ1v) is 13.6. The number of hydrogen-bond donors (Lipinski definition) is 2. The molecule has 0 aromatic carbocycles. The number of rotatable bonds is 8. The molecule has 2 aliphatic rings. The Bertz CT molecular complexity index is 924. The molecule has 2 aromatic rings. The summed E-state index contributed by atoms with van der Waals surface area (Å²) in [5, 5.41) is 4.50. The maximum atomic E-state index is 13.1. The van der Waals surface area contributed by atoms with Gasteiger partial charge in [-0.2, -0.15) is 0 Å². The highest BCUT2D eigenvalue weighted by Crippen LogP contribution is 2.36. The van der Waals surface area contributed by atoms with E-state index in [1.165, 1.54) is 19.3 Å². The monoisotopic (exact) mass is 478 g/mol. The van der Waals surface area contributed by atoms with E-state index < -0.39 is 11.0 Å². The predicted octanol–water partition coefficient (Wildman–Crippen LogP) is 4.69. The van der Waals surface area contributed by atoms with Crippen molar-refractivity contribution < 1.29 is 13.7 Å². The van der Waals surface area contributed by atoms with Crippen LogP contribution in [0.1, 0.15) is 57.6 Å². The summed E-state index contributed by atoms with van der Waals surface area (Å²) in [4.78, 5) is 10.9. The van der Waals surface area contributed by atoms with E-state index in [0.717, 1.165) is 60.2 Å². The fraction of sp³-hybridized carbons (Fsp3) is 0.652. The van der Waals surface area contributed by atoms with Crippen LogP contribution in [0, 0.1) is 12.8 Å². The highest BCUT2D eigenvalue weighted by Gasteiger charge is 2.23. The number of anilines is 1. The summed E-state index contributed by atoms with van der Waals surface area (Å²) in [5.41, 5.74) is 1.86.